The SMILES string of the molecule is CC(C)(C)OC(=O)NC1(c2nnc[nH]2)CC(F)(F)C1. The Hall–Kier alpha value is -1.73. The first-order chi connectivity index (χ1) is 8.62. The standard InChI is InChI=1S/C11H16F2N4O2/c1-9(2,3)19-8(18)16-10(4-11(12,13)5-10)7-14-6-15-17-7/h6H,4-5H2,1-3H3,(H,16,18)(H,14,15,17). The zero-order valence-corrected chi connectivity index (χ0v) is 11.0. The van der Waals surface area contributed by atoms with Crippen molar-refractivity contribution in [1.29, 1.82) is 0 Å². The highest BCUT2D eigenvalue weighted by Crippen LogP contribution is 2.50. The van der Waals surface area contributed by atoms with Crippen LogP contribution in [0.1, 0.15) is 39.4 Å². The third-order valence-electron chi connectivity index (χ3n) is 2.73. The van der Waals surface area contributed by atoms with Gasteiger partial charge in [-0.15, -0.1) is 10.2 Å². The number of rotatable bonds is 2. The van der Waals surface area contributed by atoms with Gasteiger partial charge in [0, 0.05) is 12.8 Å². The number of aromatic nitrogens is 3. The summed E-state index contributed by atoms with van der Waals surface area (Å²) < 4.78 is 31.4. The molecule has 0 unspecified atom stereocenters. The van der Waals surface area contributed by atoms with Gasteiger partial charge in [-0.2, -0.15) is 0 Å². The van der Waals surface area contributed by atoms with Crippen LogP contribution < -0.4 is 5.32 Å². The lowest BCUT2D eigenvalue weighted by atomic mass is 9.73. The number of alkyl carbamates (subject to hydrolysis) is 1. The van der Waals surface area contributed by atoms with E-state index in [9.17, 15) is 13.6 Å². The van der Waals surface area contributed by atoms with E-state index in [1.165, 1.54) is 6.33 Å². The number of nitrogens with zero attached hydrogens (tertiary/aromatic N) is 2. The highest BCUT2D eigenvalue weighted by molar-refractivity contribution is 5.69. The molecule has 8 heteroatoms. The maximum absolute atomic E-state index is 13.2. The second-order valence-corrected chi connectivity index (χ2v) is 5.76. The molecule has 0 bridgehead atoms. The number of alkyl halides is 2. The number of H-pyrrole nitrogens is 1. The number of nitrogens with one attached hydrogen (secondary N) is 2. The van der Waals surface area contributed by atoms with E-state index in [1.54, 1.807) is 20.8 Å². The molecule has 1 aliphatic carbocycles. The molecule has 19 heavy (non-hydrogen) atoms. The van der Waals surface area contributed by atoms with E-state index in [-0.39, 0.29) is 5.82 Å². The van der Waals surface area contributed by atoms with Gasteiger partial charge in [-0.3, -0.25) is 0 Å². The van der Waals surface area contributed by atoms with E-state index in [4.69, 9.17) is 4.74 Å². The summed E-state index contributed by atoms with van der Waals surface area (Å²) in [5, 5.41) is 9.74. The van der Waals surface area contributed by atoms with E-state index in [0.717, 1.165) is 0 Å². The Morgan fingerprint density at radius 1 is 1.47 bits per heavy atom. The van der Waals surface area contributed by atoms with Crippen molar-refractivity contribution in [3.05, 3.63) is 12.2 Å². The Bertz CT molecular complexity index is 460. The zero-order valence-electron chi connectivity index (χ0n) is 11.0. The van der Waals surface area contributed by atoms with Gasteiger partial charge >= 0.3 is 6.09 Å². The van der Waals surface area contributed by atoms with Crippen molar-refractivity contribution in [2.45, 2.75) is 50.7 Å². The van der Waals surface area contributed by atoms with Crippen molar-refractivity contribution >= 4 is 6.09 Å². The number of hydrogen-bond acceptors (Lipinski definition) is 4. The first-order valence-corrected chi connectivity index (χ1v) is 5.88. The quantitative estimate of drug-likeness (QED) is 0.863. The first kappa shape index (κ1) is 13.7. The summed E-state index contributed by atoms with van der Waals surface area (Å²) in [6, 6.07) is 0. The Balaban J connectivity index is 2.11. The number of halogens is 2. The van der Waals surface area contributed by atoms with E-state index in [2.05, 4.69) is 20.5 Å². The molecule has 2 rings (SSSR count). The van der Waals surface area contributed by atoms with Crippen LogP contribution in [-0.4, -0.2) is 32.8 Å². The summed E-state index contributed by atoms with van der Waals surface area (Å²) in [6.45, 7) is 5.09. The Morgan fingerprint density at radius 3 is 2.53 bits per heavy atom. The second-order valence-electron chi connectivity index (χ2n) is 5.76. The van der Waals surface area contributed by atoms with Crippen LogP contribution in [0.5, 0.6) is 0 Å². The van der Waals surface area contributed by atoms with Crippen molar-refractivity contribution in [3.8, 4) is 0 Å². The Labute approximate surface area is 108 Å². The third-order valence-corrected chi connectivity index (χ3v) is 2.73. The Kier molecular flexibility index (Phi) is 2.98. The summed E-state index contributed by atoms with van der Waals surface area (Å²) in [5.74, 6) is -2.61. The average molecular weight is 274 g/mol. The summed E-state index contributed by atoms with van der Waals surface area (Å²) in [6.07, 6.45) is -0.507. The largest absolute Gasteiger partial charge is 0.444 e. The van der Waals surface area contributed by atoms with Crippen LogP contribution in [0.4, 0.5) is 13.6 Å². The molecule has 1 saturated carbocycles. The van der Waals surface area contributed by atoms with Crippen LogP contribution >= 0.6 is 0 Å². The van der Waals surface area contributed by atoms with Gasteiger partial charge in [-0.05, 0) is 20.8 Å². The van der Waals surface area contributed by atoms with Crippen molar-refractivity contribution in [3.63, 3.8) is 0 Å². The van der Waals surface area contributed by atoms with Crippen molar-refractivity contribution in [2.24, 2.45) is 0 Å². The molecule has 2 N–H and O–H groups in total. The van der Waals surface area contributed by atoms with Crippen LogP contribution in [0, 0.1) is 0 Å². The lowest BCUT2D eigenvalue weighted by Gasteiger charge is -2.45. The fourth-order valence-corrected chi connectivity index (χ4v) is 2.08. The highest BCUT2D eigenvalue weighted by Gasteiger charge is 2.60. The normalized spacial score (nSPS) is 20.5. The minimum Gasteiger partial charge on any atom is -0.444 e. The summed E-state index contributed by atoms with van der Waals surface area (Å²) in [5.41, 5.74) is -1.93. The van der Waals surface area contributed by atoms with Gasteiger partial charge in [0.25, 0.3) is 5.92 Å². The smallest absolute Gasteiger partial charge is 0.408 e. The fraction of sp³-hybridized carbons (Fsp3) is 0.727. The van der Waals surface area contributed by atoms with Gasteiger partial charge < -0.3 is 15.0 Å². The van der Waals surface area contributed by atoms with Crippen LogP contribution in [-0.2, 0) is 10.3 Å². The van der Waals surface area contributed by atoms with Gasteiger partial charge in [-0.25, -0.2) is 13.6 Å². The lowest BCUT2D eigenvalue weighted by molar-refractivity contribution is -0.139. The van der Waals surface area contributed by atoms with Crippen molar-refractivity contribution < 1.29 is 18.3 Å². The van der Waals surface area contributed by atoms with E-state index >= 15 is 0 Å². The van der Waals surface area contributed by atoms with E-state index in [1.807, 2.05) is 0 Å². The van der Waals surface area contributed by atoms with Gasteiger partial charge in [0.1, 0.15) is 17.5 Å². The molecule has 1 fully saturated rings. The molecule has 106 valence electrons. The van der Waals surface area contributed by atoms with Crippen LogP contribution in [0.2, 0.25) is 0 Å². The number of aromatic amines is 1. The molecule has 1 aromatic heterocycles. The number of ether oxygens (including phenoxy) is 1. The third kappa shape index (κ3) is 2.99. The summed E-state index contributed by atoms with van der Waals surface area (Å²) >= 11 is 0. The first-order valence-electron chi connectivity index (χ1n) is 5.88. The molecule has 0 radical (unpaired) electrons. The predicted octanol–water partition coefficient (Wildman–Crippen LogP) is 1.95. The van der Waals surface area contributed by atoms with Gasteiger partial charge in [0.15, 0.2) is 5.82 Å². The molecule has 6 nitrogen and oxygen atoms in total. The molecule has 1 aliphatic rings. The molecule has 0 aromatic carbocycles. The molecule has 0 saturated heterocycles. The minimum absolute atomic E-state index is 0.212. The van der Waals surface area contributed by atoms with Crippen molar-refractivity contribution in [2.75, 3.05) is 0 Å². The predicted molar refractivity (Wildman–Crippen MR) is 61.6 cm³/mol. The monoisotopic (exact) mass is 274 g/mol. The summed E-state index contributed by atoms with van der Waals surface area (Å²) in [4.78, 5) is 14.4. The number of carbonyl (C=O) groups is 1. The van der Waals surface area contributed by atoms with Gasteiger partial charge in [-0.1, -0.05) is 0 Å². The van der Waals surface area contributed by atoms with Crippen molar-refractivity contribution in [1.82, 2.24) is 20.5 Å². The van der Waals surface area contributed by atoms with Crippen LogP contribution in [0.3, 0.4) is 0 Å². The Morgan fingerprint density at radius 2 is 2.11 bits per heavy atom. The van der Waals surface area contributed by atoms with E-state index in [0.29, 0.717) is 0 Å². The molecule has 0 atom stereocenters. The number of amides is 1. The van der Waals surface area contributed by atoms with Crippen LogP contribution in [0.15, 0.2) is 6.33 Å². The number of hydrogen-bond donors (Lipinski definition) is 2. The van der Waals surface area contributed by atoms with Crippen LogP contribution in [0.25, 0.3) is 0 Å². The van der Waals surface area contributed by atoms with Gasteiger partial charge in [0.2, 0.25) is 0 Å². The maximum atomic E-state index is 13.2. The topological polar surface area (TPSA) is 79.9 Å². The number of carbonyl (C=O) groups excluding carboxylic acids is 1. The molecule has 0 spiro atoms. The highest BCUT2D eigenvalue weighted by atomic mass is 19.3. The fourth-order valence-electron chi connectivity index (χ4n) is 2.08. The molecular weight excluding hydrogens is 258 g/mol. The molecule has 1 amide bonds. The second kappa shape index (κ2) is 4.14. The average Bonchev–Trinajstić information content (AvgIpc) is 2.62. The van der Waals surface area contributed by atoms with Gasteiger partial charge in [0.05, 0.1) is 0 Å². The zero-order chi connectivity index (χ0) is 14.3. The van der Waals surface area contributed by atoms with E-state index < -0.39 is 36.0 Å². The minimum atomic E-state index is -2.82. The molecule has 1 heterocycles. The molecular formula is C11H16F2N4O2. The lowest BCUT2D eigenvalue weighted by Crippen LogP contribution is -2.60. The maximum Gasteiger partial charge on any atom is 0.408 e. The molecule has 1 aromatic rings. The summed E-state index contributed by atoms with van der Waals surface area (Å²) in [7, 11) is 0. The molecule has 0 aliphatic heterocycles.